The number of anilines is 1. The second-order valence-electron chi connectivity index (χ2n) is 3.14. The van der Waals surface area contributed by atoms with Gasteiger partial charge in [0, 0.05) is 16.8 Å². The van der Waals surface area contributed by atoms with Gasteiger partial charge in [0.15, 0.2) is 0 Å². The fourth-order valence-corrected chi connectivity index (χ4v) is 1.25. The Balaban J connectivity index is 2.26. The predicted molar refractivity (Wildman–Crippen MR) is 67.6 cm³/mol. The first-order valence-electron chi connectivity index (χ1n) is 5.10. The largest absolute Gasteiger partial charge is 0.459 e. The molecule has 0 heterocycles. The Bertz CT molecular complexity index is 447. The molecule has 1 amide bonds. The number of rotatable bonds is 5. The van der Waals surface area contributed by atoms with E-state index in [-0.39, 0.29) is 13.2 Å². The van der Waals surface area contributed by atoms with Crippen molar-refractivity contribution in [1.82, 2.24) is 0 Å². The summed E-state index contributed by atoms with van der Waals surface area (Å²) >= 11 is 5.75. The summed E-state index contributed by atoms with van der Waals surface area (Å²) in [5.41, 5.74) is 0.524. The van der Waals surface area contributed by atoms with E-state index in [9.17, 15) is 9.59 Å². The number of amides is 1. The van der Waals surface area contributed by atoms with E-state index in [1.807, 2.05) is 0 Å². The molecule has 1 aromatic rings. The van der Waals surface area contributed by atoms with Crippen LogP contribution in [0.4, 0.5) is 10.5 Å². The van der Waals surface area contributed by atoms with Crippen LogP contribution in [0.1, 0.15) is 0 Å². The average molecular weight is 270 g/mol. The van der Waals surface area contributed by atoms with Crippen LogP contribution in [0.25, 0.3) is 0 Å². The van der Waals surface area contributed by atoms with Crippen LogP contribution in [0.2, 0.25) is 5.02 Å². The maximum absolute atomic E-state index is 11.3. The quantitative estimate of drug-likeness (QED) is 0.507. The molecule has 0 fully saturated rings. The predicted octanol–water partition coefficient (Wildman–Crippen LogP) is 2.62. The van der Waals surface area contributed by atoms with Crippen LogP contribution in [0.3, 0.4) is 0 Å². The molecular formula is C12H12ClNO4. The summed E-state index contributed by atoms with van der Waals surface area (Å²) in [4.78, 5) is 22.0. The molecule has 0 aliphatic heterocycles. The molecule has 5 nitrogen and oxygen atoms in total. The highest BCUT2D eigenvalue weighted by Crippen LogP contribution is 2.14. The van der Waals surface area contributed by atoms with Gasteiger partial charge < -0.3 is 9.47 Å². The summed E-state index contributed by atoms with van der Waals surface area (Å²) in [6.07, 6.45) is 0.387. The van der Waals surface area contributed by atoms with Crippen molar-refractivity contribution in [2.24, 2.45) is 0 Å². The third kappa shape index (κ3) is 5.36. The number of benzene rings is 1. The summed E-state index contributed by atoms with van der Waals surface area (Å²) in [6, 6.07) is 6.64. The highest BCUT2D eigenvalue weighted by molar-refractivity contribution is 6.30. The molecular weight excluding hydrogens is 258 g/mol. The standard InChI is InChI=1S/C12H12ClNO4/c1-2-11(15)17-6-7-18-12(16)14-10-5-3-4-9(13)8-10/h2-5,8H,1,6-7H2,(H,14,16). The van der Waals surface area contributed by atoms with Crippen LogP contribution in [0.5, 0.6) is 0 Å². The zero-order valence-corrected chi connectivity index (χ0v) is 10.3. The van der Waals surface area contributed by atoms with E-state index in [0.717, 1.165) is 6.08 Å². The molecule has 0 atom stereocenters. The molecule has 0 radical (unpaired) electrons. The lowest BCUT2D eigenvalue weighted by atomic mass is 10.3. The zero-order chi connectivity index (χ0) is 13.4. The Morgan fingerprint density at radius 2 is 2.06 bits per heavy atom. The van der Waals surface area contributed by atoms with E-state index >= 15 is 0 Å². The molecule has 0 aromatic heterocycles. The van der Waals surface area contributed by atoms with Crippen molar-refractivity contribution in [3.63, 3.8) is 0 Å². The fourth-order valence-electron chi connectivity index (χ4n) is 1.06. The molecule has 18 heavy (non-hydrogen) atoms. The van der Waals surface area contributed by atoms with Gasteiger partial charge in [-0.2, -0.15) is 0 Å². The molecule has 6 heteroatoms. The van der Waals surface area contributed by atoms with Crippen molar-refractivity contribution < 1.29 is 19.1 Å². The SMILES string of the molecule is C=CC(=O)OCCOC(=O)Nc1cccc(Cl)c1. The lowest BCUT2D eigenvalue weighted by Crippen LogP contribution is -2.17. The number of ether oxygens (including phenoxy) is 2. The third-order valence-electron chi connectivity index (χ3n) is 1.80. The van der Waals surface area contributed by atoms with Crippen molar-refractivity contribution in [2.45, 2.75) is 0 Å². The topological polar surface area (TPSA) is 64.6 Å². The van der Waals surface area contributed by atoms with E-state index in [4.69, 9.17) is 16.3 Å². The van der Waals surface area contributed by atoms with Gasteiger partial charge in [0.25, 0.3) is 0 Å². The second-order valence-corrected chi connectivity index (χ2v) is 3.58. The molecule has 1 rings (SSSR count). The van der Waals surface area contributed by atoms with Crippen molar-refractivity contribution in [3.05, 3.63) is 41.9 Å². The Hall–Kier alpha value is -2.01. The molecule has 0 saturated heterocycles. The Kier molecular flexibility index (Phi) is 5.73. The number of hydrogen-bond acceptors (Lipinski definition) is 4. The lowest BCUT2D eigenvalue weighted by Gasteiger charge is -2.07. The number of halogens is 1. The summed E-state index contributed by atoms with van der Waals surface area (Å²) in [6.45, 7) is 3.18. The van der Waals surface area contributed by atoms with E-state index in [1.165, 1.54) is 0 Å². The molecule has 0 saturated carbocycles. The van der Waals surface area contributed by atoms with Crippen molar-refractivity contribution >= 4 is 29.4 Å². The Morgan fingerprint density at radius 3 is 2.72 bits per heavy atom. The molecule has 0 bridgehead atoms. The number of esters is 1. The van der Waals surface area contributed by atoms with Gasteiger partial charge in [-0.1, -0.05) is 24.2 Å². The summed E-state index contributed by atoms with van der Waals surface area (Å²) in [5.74, 6) is -0.561. The van der Waals surface area contributed by atoms with Crippen molar-refractivity contribution in [3.8, 4) is 0 Å². The number of carbonyl (C=O) groups excluding carboxylic acids is 2. The van der Waals surface area contributed by atoms with E-state index in [0.29, 0.717) is 10.7 Å². The van der Waals surface area contributed by atoms with Gasteiger partial charge in [0.05, 0.1) is 0 Å². The van der Waals surface area contributed by atoms with Gasteiger partial charge in [-0.3, -0.25) is 5.32 Å². The van der Waals surface area contributed by atoms with Crippen molar-refractivity contribution in [2.75, 3.05) is 18.5 Å². The third-order valence-corrected chi connectivity index (χ3v) is 2.03. The maximum atomic E-state index is 11.3. The molecule has 1 N–H and O–H groups in total. The van der Waals surface area contributed by atoms with Crippen LogP contribution in [0, 0.1) is 0 Å². The van der Waals surface area contributed by atoms with Crippen LogP contribution in [0.15, 0.2) is 36.9 Å². The molecule has 0 spiro atoms. The first-order chi connectivity index (χ1) is 8.61. The summed E-state index contributed by atoms with van der Waals surface area (Å²) in [5, 5.41) is 2.99. The Morgan fingerprint density at radius 1 is 1.33 bits per heavy atom. The van der Waals surface area contributed by atoms with Crippen LogP contribution in [-0.2, 0) is 14.3 Å². The smallest absolute Gasteiger partial charge is 0.411 e. The normalized spacial score (nSPS) is 9.39. The minimum Gasteiger partial charge on any atom is -0.459 e. The number of carbonyl (C=O) groups is 2. The van der Waals surface area contributed by atoms with Crippen molar-refractivity contribution in [1.29, 1.82) is 0 Å². The van der Waals surface area contributed by atoms with Gasteiger partial charge in [-0.15, -0.1) is 0 Å². The molecule has 0 unspecified atom stereocenters. The summed E-state index contributed by atoms with van der Waals surface area (Å²) < 4.78 is 9.40. The van der Waals surface area contributed by atoms with Gasteiger partial charge in [0.1, 0.15) is 13.2 Å². The Labute approximate surface area is 109 Å². The second kappa shape index (κ2) is 7.34. The van der Waals surface area contributed by atoms with E-state index in [2.05, 4.69) is 16.6 Å². The first kappa shape index (κ1) is 14.1. The van der Waals surface area contributed by atoms with E-state index < -0.39 is 12.1 Å². The number of nitrogens with one attached hydrogen (secondary N) is 1. The number of hydrogen-bond donors (Lipinski definition) is 1. The van der Waals surface area contributed by atoms with Crippen LogP contribution in [-0.4, -0.2) is 25.3 Å². The van der Waals surface area contributed by atoms with Crippen LogP contribution < -0.4 is 5.32 Å². The monoisotopic (exact) mass is 269 g/mol. The van der Waals surface area contributed by atoms with Gasteiger partial charge >= 0.3 is 12.1 Å². The van der Waals surface area contributed by atoms with Crippen LogP contribution >= 0.6 is 11.6 Å². The molecule has 1 aromatic carbocycles. The lowest BCUT2D eigenvalue weighted by molar-refractivity contribution is -0.138. The van der Waals surface area contributed by atoms with Gasteiger partial charge in [-0.25, -0.2) is 9.59 Å². The molecule has 96 valence electrons. The molecule has 0 aliphatic carbocycles. The average Bonchev–Trinajstić information content (AvgIpc) is 2.34. The molecule has 0 aliphatic rings. The fraction of sp³-hybridized carbons (Fsp3) is 0.167. The van der Waals surface area contributed by atoms with Gasteiger partial charge in [-0.05, 0) is 18.2 Å². The first-order valence-corrected chi connectivity index (χ1v) is 5.48. The van der Waals surface area contributed by atoms with Gasteiger partial charge in [0.2, 0.25) is 0 Å². The highest BCUT2D eigenvalue weighted by Gasteiger charge is 2.04. The minimum atomic E-state index is -0.646. The van der Waals surface area contributed by atoms with E-state index in [1.54, 1.807) is 24.3 Å². The summed E-state index contributed by atoms with van der Waals surface area (Å²) in [7, 11) is 0. The zero-order valence-electron chi connectivity index (χ0n) is 9.52. The highest BCUT2D eigenvalue weighted by atomic mass is 35.5. The maximum Gasteiger partial charge on any atom is 0.411 e. The minimum absolute atomic E-state index is 0.0200.